The molecule has 0 aliphatic heterocycles. The maximum Gasteiger partial charge on any atom is 0.355 e. The molecule has 1 atom stereocenters. The first-order valence-electron chi connectivity index (χ1n) is 5.47. The van der Waals surface area contributed by atoms with Gasteiger partial charge in [0.15, 0.2) is 0 Å². The Hall–Kier alpha value is -1.29. The van der Waals surface area contributed by atoms with Crippen molar-refractivity contribution in [2.75, 3.05) is 13.2 Å². The van der Waals surface area contributed by atoms with Gasteiger partial charge in [0.2, 0.25) is 0 Å². The highest BCUT2D eigenvalue weighted by molar-refractivity contribution is 5.88. The first kappa shape index (κ1) is 12.8. The van der Waals surface area contributed by atoms with Crippen molar-refractivity contribution in [2.45, 2.75) is 26.9 Å². The number of aryl methyl sites for hydroxylation is 1. The number of hydrogen-bond donors (Lipinski definition) is 0. The lowest BCUT2D eigenvalue weighted by Crippen LogP contribution is -2.22. The molecule has 0 unspecified atom stereocenters. The first-order valence-corrected chi connectivity index (χ1v) is 5.47. The second kappa shape index (κ2) is 5.70. The van der Waals surface area contributed by atoms with E-state index in [0.717, 1.165) is 5.69 Å². The van der Waals surface area contributed by atoms with Crippen molar-refractivity contribution in [3.05, 3.63) is 23.5 Å². The molecule has 4 heteroatoms. The summed E-state index contributed by atoms with van der Waals surface area (Å²) in [5.41, 5.74) is 1.60. The summed E-state index contributed by atoms with van der Waals surface area (Å²) in [6.45, 7) is 6.75. The van der Waals surface area contributed by atoms with Gasteiger partial charge in [-0.05, 0) is 32.9 Å². The number of rotatable bonds is 5. The quantitative estimate of drug-likeness (QED) is 0.719. The molecule has 0 aliphatic rings. The number of aromatic nitrogens is 1. The molecule has 0 amide bonds. The van der Waals surface area contributed by atoms with E-state index in [-0.39, 0.29) is 12.1 Å². The fourth-order valence-corrected chi connectivity index (χ4v) is 1.38. The molecule has 16 heavy (non-hydrogen) atoms. The van der Waals surface area contributed by atoms with Gasteiger partial charge in [-0.3, -0.25) is 0 Å². The first-order chi connectivity index (χ1) is 7.56. The average molecular weight is 225 g/mol. The molecule has 4 nitrogen and oxygen atoms in total. The maximum absolute atomic E-state index is 11.8. The van der Waals surface area contributed by atoms with Crippen LogP contribution in [-0.4, -0.2) is 29.9 Å². The molecule has 0 saturated heterocycles. The number of hydrogen-bond acceptors (Lipinski definition) is 3. The fraction of sp³-hybridized carbons (Fsp3) is 0.583. The topological polar surface area (TPSA) is 40.5 Å². The van der Waals surface area contributed by atoms with Gasteiger partial charge in [-0.25, -0.2) is 4.79 Å². The minimum Gasteiger partial charge on any atom is -0.456 e. The van der Waals surface area contributed by atoms with E-state index >= 15 is 0 Å². The normalized spacial score (nSPS) is 12.5. The number of nitrogens with zero attached hydrogens (tertiary/aromatic N) is 1. The summed E-state index contributed by atoms with van der Waals surface area (Å²) in [6, 6.07) is 3.66. The third kappa shape index (κ3) is 3.10. The van der Waals surface area contributed by atoms with E-state index < -0.39 is 0 Å². The molecule has 0 fully saturated rings. The lowest BCUT2D eigenvalue weighted by Gasteiger charge is -2.13. The van der Waals surface area contributed by atoms with Crippen LogP contribution in [0.4, 0.5) is 0 Å². The van der Waals surface area contributed by atoms with Crippen molar-refractivity contribution in [3.63, 3.8) is 0 Å². The highest BCUT2D eigenvalue weighted by atomic mass is 16.6. The van der Waals surface area contributed by atoms with E-state index in [1.54, 1.807) is 6.07 Å². The Morgan fingerprint density at radius 1 is 1.50 bits per heavy atom. The fourth-order valence-electron chi connectivity index (χ4n) is 1.38. The third-order valence-corrected chi connectivity index (χ3v) is 2.45. The summed E-state index contributed by atoms with van der Waals surface area (Å²) in [6.07, 6.45) is -0.220. The van der Waals surface area contributed by atoms with Crippen LogP contribution in [0.5, 0.6) is 0 Å². The van der Waals surface area contributed by atoms with Crippen LogP contribution in [-0.2, 0) is 16.5 Å². The summed E-state index contributed by atoms with van der Waals surface area (Å²) in [5.74, 6) is -0.303. The maximum atomic E-state index is 11.8. The number of carbonyl (C=O) groups excluding carboxylic acids is 1. The molecular weight excluding hydrogens is 206 g/mol. The molecule has 0 spiro atoms. The molecule has 1 heterocycles. The Balaban J connectivity index is 2.55. The van der Waals surface area contributed by atoms with Gasteiger partial charge >= 0.3 is 5.97 Å². The number of esters is 1. The molecule has 1 rings (SSSR count). The molecule has 1 aromatic rings. The van der Waals surface area contributed by atoms with Crippen molar-refractivity contribution in [2.24, 2.45) is 7.05 Å². The largest absolute Gasteiger partial charge is 0.456 e. The number of carbonyl (C=O) groups is 1. The van der Waals surface area contributed by atoms with Gasteiger partial charge in [-0.2, -0.15) is 0 Å². The van der Waals surface area contributed by atoms with Crippen LogP contribution >= 0.6 is 0 Å². The van der Waals surface area contributed by atoms with Crippen LogP contribution in [0, 0.1) is 6.92 Å². The summed E-state index contributed by atoms with van der Waals surface area (Å²) in [5, 5.41) is 0. The van der Waals surface area contributed by atoms with E-state index in [1.165, 1.54) is 0 Å². The predicted molar refractivity (Wildman–Crippen MR) is 61.5 cm³/mol. The van der Waals surface area contributed by atoms with Gasteiger partial charge in [-0.1, -0.05) is 0 Å². The van der Waals surface area contributed by atoms with Gasteiger partial charge in [0, 0.05) is 19.3 Å². The molecular formula is C12H19NO3. The Kier molecular flexibility index (Phi) is 4.55. The van der Waals surface area contributed by atoms with E-state index in [9.17, 15) is 4.79 Å². The van der Waals surface area contributed by atoms with Crippen LogP contribution in [0.2, 0.25) is 0 Å². The Morgan fingerprint density at radius 2 is 2.19 bits per heavy atom. The summed E-state index contributed by atoms with van der Waals surface area (Å²) in [7, 11) is 1.85. The zero-order valence-corrected chi connectivity index (χ0v) is 10.3. The summed E-state index contributed by atoms with van der Waals surface area (Å²) >= 11 is 0. The van der Waals surface area contributed by atoms with Crippen LogP contribution in [0.3, 0.4) is 0 Å². The van der Waals surface area contributed by atoms with Gasteiger partial charge in [0.05, 0.1) is 6.61 Å². The zero-order chi connectivity index (χ0) is 12.1. The molecule has 90 valence electrons. The Labute approximate surface area is 96.2 Å². The van der Waals surface area contributed by atoms with Crippen molar-refractivity contribution in [3.8, 4) is 0 Å². The minimum absolute atomic E-state index is 0.220. The van der Waals surface area contributed by atoms with Crippen LogP contribution in [0.15, 0.2) is 12.1 Å². The highest BCUT2D eigenvalue weighted by Gasteiger charge is 2.15. The lowest BCUT2D eigenvalue weighted by atomic mass is 10.4. The van der Waals surface area contributed by atoms with Crippen molar-refractivity contribution >= 4 is 5.97 Å². The summed E-state index contributed by atoms with van der Waals surface area (Å²) < 4.78 is 12.2. The smallest absolute Gasteiger partial charge is 0.355 e. The Bertz CT molecular complexity index is 357. The molecule has 1 aromatic heterocycles. The van der Waals surface area contributed by atoms with Gasteiger partial charge in [0.1, 0.15) is 11.8 Å². The van der Waals surface area contributed by atoms with Crippen molar-refractivity contribution in [1.82, 2.24) is 4.57 Å². The molecule has 0 N–H and O–H groups in total. The van der Waals surface area contributed by atoms with E-state index in [4.69, 9.17) is 9.47 Å². The third-order valence-electron chi connectivity index (χ3n) is 2.45. The van der Waals surface area contributed by atoms with Crippen LogP contribution in [0.1, 0.15) is 30.0 Å². The number of ether oxygens (including phenoxy) is 2. The zero-order valence-electron chi connectivity index (χ0n) is 10.3. The van der Waals surface area contributed by atoms with Crippen LogP contribution in [0.25, 0.3) is 0 Å². The highest BCUT2D eigenvalue weighted by Crippen LogP contribution is 2.08. The molecule has 0 aromatic carbocycles. The molecule has 0 saturated carbocycles. The van der Waals surface area contributed by atoms with E-state index in [1.807, 2.05) is 38.5 Å². The van der Waals surface area contributed by atoms with Crippen molar-refractivity contribution in [1.29, 1.82) is 0 Å². The Morgan fingerprint density at radius 3 is 2.69 bits per heavy atom. The minimum atomic E-state index is -0.303. The monoisotopic (exact) mass is 225 g/mol. The standard InChI is InChI=1S/C12H19NO3/c1-5-15-8-10(3)16-12(14)11-7-6-9(2)13(11)4/h6-7,10H,5,8H2,1-4H3/t10-/m0/s1. The van der Waals surface area contributed by atoms with E-state index in [2.05, 4.69) is 0 Å². The summed E-state index contributed by atoms with van der Waals surface area (Å²) in [4.78, 5) is 11.8. The van der Waals surface area contributed by atoms with Gasteiger partial charge in [0.25, 0.3) is 0 Å². The van der Waals surface area contributed by atoms with E-state index in [0.29, 0.717) is 18.9 Å². The second-order valence-electron chi connectivity index (χ2n) is 3.79. The van der Waals surface area contributed by atoms with Crippen LogP contribution < -0.4 is 0 Å². The average Bonchev–Trinajstić information content (AvgIpc) is 2.57. The van der Waals surface area contributed by atoms with Crippen molar-refractivity contribution < 1.29 is 14.3 Å². The second-order valence-corrected chi connectivity index (χ2v) is 3.79. The molecule has 0 radical (unpaired) electrons. The lowest BCUT2D eigenvalue weighted by molar-refractivity contribution is 0.00355. The molecule has 0 aliphatic carbocycles. The molecule has 0 bridgehead atoms. The SMILES string of the molecule is CCOC[C@H](C)OC(=O)c1ccc(C)n1C. The van der Waals surface area contributed by atoms with Gasteiger partial charge in [-0.15, -0.1) is 0 Å². The van der Waals surface area contributed by atoms with Gasteiger partial charge < -0.3 is 14.0 Å². The predicted octanol–water partition coefficient (Wildman–Crippen LogP) is 1.92.